The maximum Gasteiger partial charge on any atom is 0.337 e. The van der Waals surface area contributed by atoms with Gasteiger partial charge in [-0.05, 0) is 18.2 Å². The van der Waals surface area contributed by atoms with Gasteiger partial charge in [0.2, 0.25) is 0 Å². The summed E-state index contributed by atoms with van der Waals surface area (Å²) in [6.07, 6.45) is 4.56. The lowest BCUT2D eigenvalue weighted by molar-refractivity contribution is -0.107. The number of allylic oxidation sites excluding steroid dienone is 1. The lowest BCUT2D eigenvalue weighted by Crippen LogP contribution is -2.01. The molecular formula is C13H14O4. The fourth-order valence-electron chi connectivity index (χ4n) is 1.36. The predicted octanol–water partition coefficient (Wildman–Crippen LogP) is 2.08. The maximum absolute atomic E-state index is 11.4. The molecule has 0 saturated heterocycles. The minimum absolute atomic E-state index is 0.325. The van der Waals surface area contributed by atoms with Crippen LogP contribution in [0.25, 0.3) is 6.08 Å². The summed E-state index contributed by atoms with van der Waals surface area (Å²) in [6, 6.07) is 4.97. The molecule has 0 atom stereocenters. The monoisotopic (exact) mass is 234 g/mol. The van der Waals surface area contributed by atoms with Crippen LogP contribution < -0.4 is 4.74 Å². The van der Waals surface area contributed by atoms with E-state index in [2.05, 4.69) is 4.74 Å². The van der Waals surface area contributed by atoms with Crippen LogP contribution in [0.2, 0.25) is 0 Å². The van der Waals surface area contributed by atoms with E-state index in [4.69, 9.17) is 4.74 Å². The minimum atomic E-state index is -0.405. The largest absolute Gasteiger partial charge is 0.496 e. The molecule has 0 bridgehead atoms. The molecule has 0 spiro atoms. The molecule has 0 unspecified atom stereocenters. The summed E-state index contributed by atoms with van der Waals surface area (Å²) in [4.78, 5) is 21.6. The molecule has 0 aliphatic carbocycles. The third-order valence-corrected chi connectivity index (χ3v) is 2.18. The summed E-state index contributed by atoms with van der Waals surface area (Å²) in [5, 5.41) is 0. The van der Waals surface area contributed by atoms with Crippen molar-refractivity contribution in [3.8, 4) is 5.75 Å². The zero-order valence-electron chi connectivity index (χ0n) is 9.80. The Labute approximate surface area is 99.8 Å². The molecule has 0 aliphatic heterocycles. The third-order valence-electron chi connectivity index (χ3n) is 2.18. The molecule has 0 amide bonds. The zero-order chi connectivity index (χ0) is 12.7. The van der Waals surface area contributed by atoms with Gasteiger partial charge in [-0.1, -0.05) is 12.2 Å². The Balaban J connectivity index is 3.05. The molecule has 0 aromatic heterocycles. The van der Waals surface area contributed by atoms with Gasteiger partial charge >= 0.3 is 5.97 Å². The Morgan fingerprint density at radius 1 is 1.35 bits per heavy atom. The summed E-state index contributed by atoms with van der Waals surface area (Å²) in [6.45, 7) is 0. The first-order chi connectivity index (χ1) is 8.22. The Bertz CT molecular complexity index is 435. The minimum Gasteiger partial charge on any atom is -0.496 e. The van der Waals surface area contributed by atoms with Crippen LogP contribution in [0.5, 0.6) is 5.75 Å². The van der Waals surface area contributed by atoms with Gasteiger partial charge in [0.25, 0.3) is 0 Å². The molecule has 1 aromatic rings. The molecule has 0 radical (unpaired) electrons. The number of benzene rings is 1. The van der Waals surface area contributed by atoms with Gasteiger partial charge in [0.1, 0.15) is 12.0 Å². The van der Waals surface area contributed by atoms with Gasteiger partial charge in [0.15, 0.2) is 0 Å². The molecule has 0 heterocycles. The second-order valence-corrected chi connectivity index (χ2v) is 3.25. The molecule has 17 heavy (non-hydrogen) atoms. The highest BCUT2D eigenvalue weighted by molar-refractivity contribution is 5.90. The van der Waals surface area contributed by atoms with Crippen LogP contribution >= 0.6 is 0 Å². The SMILES string of the molecule is COC(=O)c1ccc(OC)c(C=CCC=O)c1. The zero-order valence-corrected chi connectivity index (χ0v) is 9.80. The molecular weight excluding hydrogens is 220 g/mol. The summed E-state index contributed by atoms with van der Waals surface area (Å²) >= 11 is 0. The lowest BCUT2D eigenvalue weighted by atomic mass is 10.1. The Hall–Kier alpha value is -2.10. The molecule has 0 fully saturated rings. The lowest BCUT2D eigenvalue weighted by Gasteiger charge is -2.06. The summed E-state index contributed by atoms with van der Waals surface area (Å²) in [7, 11) is 2.87. The average Bonchev–Trinajstić information content (AvgIpc) is 2.38. The molecule has 4 nitrogen and oxygen atoms in total. The molecule has 0 saturated carbocycles. The summed E-state index contributed by atoms with van der Waals surface area (Å²) < 4.78 is 9.78. The van der Waals surface area contributed by atoms with E-state index in [0.717, 1.165) is 11.8 Å². The number of hydrogen-bond acceptors (Lipinski definition) is 4. The van der Waals surface area contributed by atoms with Crippen molar-refractivity contribution in [2.24, 2.45) is 0 Å². The quantitative estimate of drug-likeness (QED) is 0.578. The number of methoxy groups -OCH3 is 2. The molecule has 1 rings (SSSR count). The number of ether oxygens (including phenoxy) is 2. The van der Waals surface area contributed by atoms with Crippen molar-refractivity contribution in [2.75, 3.05) is 14.2 Å². The third kappa shape index (κ3) is 3.45. The van der Waals surface area contributed by atoms with E-state index < -0.39 is 5.97 Å². The first kappa shape index (κ1) is 13.0. The van der Waals surface area contributed by atoms with Gasteiger partial charge in [0, 0.05) is 12.0 Å². The van der Waals surface area contributed by atoms with Crippen LogP contribution in [-0.2, 0) is 9.53 Å². The second kappa shape index (κ2) is 6.48. The van der Waals surface area contributed by atoms with Crippen molar-refractivity contribution in [2.45, 2.75) is 6.42 Å². The average molecular weight is 234 g/mol. The molecule has 0 N–H and O–H groups in total. The normalized spacial score (nSPS) is 10.2. The van der Waals surface area contributed by atoms with Crippen LogP contribution in [-0.4, -0.2) is 26.5 Å². The van der Waals surface area contributed by atoms with E-state index in [1.54, 1.807) is 37.5 Å². The second-order valence-electron chi connectivity index (χ2n) is 3.25. The topological polar surface area (TPSA) is 52.6 Å². The highest BCUT2D eigenvalue weighted by atomic mass is 16.5. The molecule has 4 heteroatoms. The standard InChI is InChI=1S/C13H14O4/c1-16-12-7-6-11(13(15)17-2)9-10(12)5-3-4-8-14/h3,5-9H,4H2,1-2H3. The highest BCUT2D eigenvalue weighted by Gasteiger charge is 2.08. The van der Waals surface area contributed by atoms with Gasteiger partial charge in [-0.2, -0.15) is 0 Å². The van der Waals surface area contributed by atoms with Gasteiger partial charge in [-0.3, -0.25) is 0 Å². The number of carbonyl (C=O) groups excluding carboxylic acids is 2. The van der Waals surface area contributed by atoms with Crippen LogP contribution in [0.1, 0.15) is 22.3 Å². The van der Waals surface area contributed by atoms with Gasteiger partial charge in [0.05, 0.1) is 19.8 Å². The predicted molar refractivity (Wildman–Crippen MR) is 64.0 cm³/mol. The van der Waals surface area contributed by atoms with E-state index in [-0.39, 0.29) is 0 Å². The fourth-order valence-corrected chi connectivity index (χ4v) is 1.36. The molecule has 0 aliphatic rings. The van der Waals surface area contributed by atoms with Gasteiger partial charge in [-0.25, -0.2) is 4.79 Å². The Kier molecular flexibility index (Phi) is 4.94. The van der Waals surface area contributed by atoms with Crippen LogP contribution in [0, 0.1) is 0 Å². The van der Waals surface area contributed by atoms with E-state index in [0.29, 0.717) is 17.7 Å². The van der Waals surface area contributed by atoms with E-state index >= 15 is 0 Å². The fraction of sp³-hybridized carbons (Fsp3) is 0.231. The van der Waals surface area contributed by atoms with Crippen LogP contribution in [0.15, 0.2) is 24.3 Å². The van der Waals surface area contributed by atoms with Crippen molar-refractivity contribution in [3.63, 3.8) is 0 Å². The highest BCUT2D eigenvalue weighted by Crippen LogP contribution is 2.21. The van der Waals surface area contributed by atoms with Crippen molar-refractivity contribution in [3.05, 3.63) is 35.4 Å². The Morgan fingerprint density at radius 2 is 2.12 bits per heavy atom. The number of carbonyl (C=O) groups is 2. The van der Waals surface area contributed by atoms with Crippen molar-refractivity contribution in [1.29, 1.82) is 0 Å². The maximum atomic E-state index is 11.4. The number of rotatable bonds is 5. The summed E-state index contributed by atoms with van der Waals surface area (Å²) in [5.74, 6) is 0.234. The van der Waals surface area contributed by atoms with Crippen LogP contribution in [0.3, 0.4) is 0 Å². The van der Waals surface area contributed by atoms with Crippen molar-refractivity contribution < 1.29 is 19.1 Å². The number of aldehydes is 1. The summed E-state index contributed by atoms with van der Waals surface area (Å²) in [5.41, 5.74) is 1.18. The number of hydrogen-bond donors (Lipinski definition) is 0. The Morgan fingerprint density at radius 3 is 2.71 bits per heavy atom. The van der Waals surface area contributed by atoms with E-state index in [1.165, 1.54) is 7.11 Å². The van der Waals surface area contributed by atoms with Crippen molar-refractivity contribution in [1.82, 2.24) is 0 Å². The molecule has 1 aromatic carbocycles. The van der Waals surface area contributed by atoms with Crippen molar-refractivity contribution >= 4 is 18.3 Å². The van der Waals surface area contributed by atoms with Gasteiger partial charge in [-0.15, -0.1) is 0 Å². The smallest absolute Gasteiger partial charge is 0.337 e. The molecule has 90 valence electrons. The number of esters is 1. The van der Waals surface area contributed by atoms with Gasteiger partial charge < -0.3 is 14.3 Å². The first-order valence-electron chi connectivity index (χ1n) is 5.09. The van der Waals surface area contributed by atoms with E-state index in [1.807, 2.05) is 0 Å². The first-order valence-corrected chi connectivity index (χ1v) is 5.09. The van der Waals surface area contributed by atoms with Crippen LogP contribution in [0.4, 0.5) is 0 Å². The van der Waals surface area contributed by atoms with E-state index in [9.17, 15) is 9.59 Å².